The van der Waals surface area contributed by atoms with E-state index in [9.17, 15) is 26.7 Å². The van der Waals surface area contributed by atoms with Crippen LogP contribution < -0.4 is 0 Å². The van der Waals surface area contributed by atoms with Crippen LogP contribution >= 0.6 is 0 Å². The first-order chi connectivity index (χ1) is 17.1. The zero-order valence-electron chi connectivity index (χ0n) is 21.2. The summed E-state index contributed by atoms with van der Waals surface area (Å²) in [5, 5.41) is 10.0. The van der Waals surface area contributed by atoms with Crippen molar-refractivity contribution in [3.8, 4) is 11.1 Å². The maximum absolute atomic E-state index is 15.7. The number of piperazine rings is 1. The smallest absolute Gasteiger partial charge is 0.376 e. The monoisotopic (exact) mass is 546 g/mol. The molecule has 2 aromatic rings. The van der Waals surface area contributed by atoms with Crippen LogP contribution in [0.3, 0.4) is 0 Å². The summed E-state index contributed by atoms with van der Waals surface area (Å²) in [5.74, 6) is -1.48. The molecule has 204 valence electrons. The Hall–Kier alpha value is -2.08. The standard InChI is InChI=1S/C26H31F5N2O3S/c1-5-19-21(20-9-6-16(10-15(20)2)25(3,34)26(29,30)31)11-23(27)22(24(19)28)14-32-12-17-7-8-18(13-32)33(17)37(4,35)36/h6,9-11,17-18,34H,5,7-8,12-14H2,1-4H3. The fourth-order valence-electron chi connectivity index (χ4n) is 5.72. The number of likely N-dealkylation sites (tertiary alicyclic amines) is 1. The van der Waals surface area contributed by atoms with Gasteiger partial charge in [0.2, 0.25) is 10.0 Å². The number of halogens is 5. The molecule has 0 aromatic heterocycles. The summed E-state index contributed by atoms with van der Waals surface area (Å²) >= 11 is 0. The molecule has 0 aliphatic carbocycles. The molecule has 11 heteroatoms. The third-order valence-corrected chi connectivity index (χ3v) is 9.02. The summed E-state index contributed by atoms with van der Waals surface area (Å²) < 4.78 is 96.7. The summed E-state index contributed by atoms with van der Waals surface area (Å²) in [7, 11) is -3.37. The second kappa shape index (κ2) is 9.59. The third kappa shape index (κ3) is 5.03. The van der Waals surface area contributed by atoms with Crippen molar-refractivity contribution in [1.29, 1.82) is 0 Å². The molecule has 2 aromatic carbocycles. The number of sulfonamides is 1. The van der Waals surface area contributed by atoms with E-state index in [2.05, 4.69) is 0 Å². The SMILES string of the molecule is CCc1c(-c2ccc(C(C)(O)C(F)(F)F)cc2C)cc(F)c(CN2CC3CCC(C2)N3S(C)(=O)=O)c1F. The Morgan fingerprint density at radius 3 is 2.11 bits per heavy atom. The van der Waals surface area contributed by atoms with Crippen molar-refractivity contribution in [1.82, 2.24) is 9.21 Å². The highest BCUT2D eigenvalue weighted by Crippen LogP contribution is 2.41. The van der Waals surface area contributed by atoms with Crippen molar-refractivity contribution in [2.75, 3.05) is 19.3 Å². The Balaban J connectivity index is 1.65. The van der Waals surface area contributed by atoms with Gasteiger partial charge in [-0.15, -0.1) is 0 Å². The van der Waals surface area contributed by atoms with E-state index in [1.54, 1.807) is 6.92 Å². The summed E-state index contributed by atoms with van der Waals surface area (Å²) in [6.45, 7) is 4.66. The van der Waals surface area contributed by atoms with Crippen LogP contribution in [0.25, 0.3) is 11.1 Å². The molecule has 4 rings (SSSR count). The molecular formula is C26H31F5N2O3S. The van der Waals surface area contributed by atoms with Gasteiger partial charge in [-0.3, -0.25) is 4.90 Å². The predicted octanol–water partition coefficient (Wildman–Crippen LogP) is 4.88. The average molecular weight is 547 g/mol. The highest BCUT2D eigenvalue weighted by atomic mass is 32.2. The van der Waals surface area contributed by atoms with Crippen LogP contribution in [0.2, 0.25) is 0 Å². The molecule has 2 saturated heterocycles. The Morgan fingerprint density at radius 2 is 1.62 bits per heavy atom. The van der Waals surface area contributed by atoms with Gasteiger partial charge in [-0.2, -0.15) is 17.5 Å². The van der Waals surface area contributed by atoms with Crippen LogP contribution in [-0.2, 0) is 28.6 Å². The van der Waals surface area contributed by atoms with E-state index in [0.717, 1.165) is 6.07 Å². The van der Waals surface area contributed by atoms with Gasteiger partial charge in [0.05, 0.1) is 6.26 Å². The molecule has 2 heterocycles. The molecule has 37 heavy (non-hydrogen) atoms. The Labute approximate surface area is 213 Å². The minimum absolute atomic E-state index is 0.0120. The van der Waals surface area contributed by atoms with E-state index >= 15 is 8.78 Å². The van der Waals surface area contributed by atoms with Crippen LogP contribution in [-0.4, -0.2) is 60.3 Å². The molecule has 2 aliphatic heterocycles. The number of benzene rings is 2. The number of rotatable bonds is 6. The van der Waals surface area contributed by atoms with Crippen molar-refractivity contribution < 1.29 is 35.5 Å². The highest BCUT2D eigenvalue weighted by Gasteiger charge is 2.51. The van der Waals surface area contributed by atoms with Crippen LogP contribution in [0.4, 0.5) is 22.0 Å². The van der Waals surface area contributed by atoms with Crippen molar-refractivity contribution in [2.24, 2.45) is 0 Å². The van der Waals surface area contributed by atoms with Crippen molar-refractivity contribution in [3.05, 3.63) is 58.2 Å². The number of hydrogen-bond acceptors (Lipinski definition) is 4. The molecule has 0 radical (unpaired) electrons. The number of nitrogens with zero attached hydrogens (tertiary/aromatic N) is 2. The second-order valence-electron chi connectivity index (χ2n) is 10.3. The van der Waals surface area contributed by atoms with E-state index < -0.39 is 33.4 Å². The minimum atomic E-state index is -4.89. The van der Waals surface area contributed by atoms with Gasteiger partial charge in [0.25, 0.3) is 0 Å². The van der Waals surface area contributed by atoms with E-state index in [-0.39, 0.29) is 47.3 Å². The van der Waals surface area contributed by atoms with E-state index in [1.807, 2.05) is 4.90 Å². The molecule has 0 saturated carbocycles. The zero-order chi connectivity index (χ0) is 27.5. The molecule has 0 amide bonds. The summed E-state index contributed by atoms with van der Waals surface area (Å²) in [6.07, 6.45) is -2.08. The van der Waals surface area contributed by atoms with Gasteiger partial charge >= 0.3 is 6.18 Å². The zero-order valence-corrected chi connectivity index (χ0v) is 22.0. The average Bonchev–Trinajstić information content (AvgIpc) is 3.07. The predicted molar refractivity (Wildman–Crippen MR) is 130 cm³/mol. The van der Waals surface area contributed by atoms with Gasteiger partial charge in [0.1, 0.15) is 11.6 Å². The lowest BCUT2D eigenvalue weighted by atomic mass is 9.88. The molecule has 1 N–H and O–H groups in total. The number of aliphatic hydroxyl groups is 1. The lowest BCUT2D eigenvalue weighted by Gasteiger charge is -2.39. The lowest BCUT2D eigenvalue weighted by Crippen LogP contribution is -2.55. The van der Waals surface area contributed by atoms with Crippen molar-refractivity contribution >= 4 is 10.0 Å². The third-order valence-electron chi connectivity index (χ3n) is 7.65. The summed E-state index contributed by atoms with van der Waals surface area (Å²) in [5.41, 5.74) is -2.32. The van der Waals surface area contributed by atoms with Crippen LogP contribution in [0, 0.1) is 18.6 Å². The van der Waals surface area contributed by atoms with Crippen LogP contribution in [0.1, 0.15) is 48.9 Å². The fraction of sp³-hybridized carbons (Fsp3) is 0.538. The first-order valence-corrected chi connectivity index (χ1v) is 14.0. The quantitative estimate of drug-likeness (QED) is 0.525. The van der Waals surface area contributed by atoms with E-state index in [0.29, 0.717) is 44.0 Å². The summed E-state index contributed by atoms with van der Waals surface area (Å²) in [4.78, 5) is 1.88. The lowest BCUT2D eigenvalue weighted by molar-refractivity contribution is -0.258. The maximum atomic E-state index is 15.7. The molecule has 2 fully saturated rings. The number of aryl methyl sites for hydroxylation is 1. The van der Waals surface area contributed by atoms with Gasteiger partial charge in [0, 0.05) is 37.3 Å². The fourth-order valence-corrected chi connectivity index (χ4v) is 7.14. The molecule has 5 nitrogen and oxygen atoms in total. The number of fused-ring (bicyclic) bond motifs is 2. The van der Waals surface area contributed by atoms with Crippen molar-refractivity contribution in [2.45, 2.75) is 70.4 Å². The summed E-state index contributed by atoms with van der Waals surface area (Å²) in [6, 6.07) is 4.42. The number of alkyl halides is 3. The van der Waals surface area contributed by atoms with E-state index in [4.69, 9.17) is 0 Å². The largest absolute Gasteiger partial charge is 0.421 e. The number of hydrogen-bond donors (Lipinski definition) is 1. The first kappa shape index (κ1) is 27.9. The Bertz CT molecular complexity index is 1300. The second-order valence-corrected chi connectivity index (χ2v) is 12.2. The molecule has 2 bridgehead atoms. The molecule has 2 aliphatic rings. The minimum Gasteiger partial charge on any atom is -0.376 e. The van der Waals surface area contributed by atoms with Gasteiger partial charge in [-0.25, -0.2) is 17.2 Å². The van der Waals surface area contributed by atoms with Gasteiger partial charge in [0.15, 0.2) is 5.60 Å². The molecular weight excluding hydrogens is 515 g/mol. The molecule has 0 spiro atoms. The normalized spacial score (nSPS) is 22.9. The molecule has 3 unspecified atom stereocenters. The van der Waals surface area contributed by atoms with Gasteiger partial charge < -0.3 is 5.11 Å². The van der Waals surface area contributed by atoms with Gasteiger partial charge in [-0.1, -0.05) is 25.1 Å². The topological polar surface area (TPSA) is 60.9 Å². The Morgan fingerprint density at radius 1 is 1.03 bits per heavy atom. The maximum Gasteiger partial charge on any atom is 0.421 e. The van der Waals surface area contributed by atoms with E-state index in [1.165, 1.54) is 35.7 Å². The van der Waals surface area contributed by atoms with Crippen molar-refractivity contribution in [3.63, 3.8) is 0 Å². The van der Waals surface area contributed by atoms with Crippen LogP contribution in [0.5, 0.6) is 0 Å². The highest BCUT2D eigenvalue weighted by molar-refractivity contribution is 7.88. The van der Waals surface area contributed by atoms with Gasteiger partial charge in [-0.05, 0) is 67.0 Å². The van der Waals surface area contributed by atoms with Crippen LogP contribution in [0.15, 0.2) is 24.3 Å². The first-order valence-electron chi connectivity index (χ1n) is 12.2. The Kier molecular flexibility index (Phi) is 7.24. The molecule has 3 atom stereocenters.